The van der Waals surface area contributed by atoms with Gasteiger partial charge in [0.25, 0.3) is 5.91 Å². The van der Waals surface area contributed by atoms with Gasteiger partial charge in [-0.1, -0.05) is 18.2 Å². The summed E-state index contributed by atoms with van der Waals surface area (Å²) in [5, 5.41) is 3.12. The van der Waals surface area contributed by atoms with Crippen LogP contribution in [0.25, 0.3) is 0 Å². The maximum absolute atomic E-state index is 12.8. The lowest BCUT2D eigenvalue weighted by molar-refractivity contribution is -0.128. The Hall–Kier alpha value is -2.69. The summed E-state index contributed by atoms with van der Waals surface area (Å²) in [6.45, 7) is 7.76. The lowest BCUT2D eigenvalue weighted by Crippen LogP contribution is -2.44. The molecule has 144 valence electrons. The number of amides is 1. The van der Waals surface area contributed by atoms with Crippen LogP contribution < -0.4 is 19.5 Å². The highest BCUT2D eigenvalue weighted by atomic mass is 16.5. The Morgan fingerprint density at radius 1 is 1.26 bits per heavy atom. The molecule has 1 amide bonds. The molecule has 27 heavy (non-hydrogen) atoms. The van der Waals surface area contributed by atoms with Crippen LogP contribution in [-0.4, -0.2) is 24.7 Å². The lowest BCUT2D eigenvalue weighted by Gasteiger charge is -2.38. The van der Waals surface area contributed by atoms with Crippen LogP contribution in [0.2, 0.25) is 0 Å². The van der Waals surface area contributed by atoms with Gasteiger partial charge in [-0.05, 0) is 51.5 Å². The molecule has 0 saturated carbocycles. The van der Waals surface area contributed by atoms with Crippen LogP contribution in [0.1, 0.15) is 44.4 Å². The fraction of sp³-hybridized carbons (Fsp3) is 0.409. The van der Waals surface area contributed by atoms with E-state index in [1.54, 1.807) is 14.0 Å². The number of carbonyl (C=O) groups is 1. The summed E-state index contributed by atoms with van der Waals surface area (Å²) < 4.78 is 17.2. The summed E-state index contributed by atoms with van der Waals surface area (Å²) in [4.78, 5) is 12.8. The van der Waals surface area contributed by atoms with Gasteiger partial charge < -0.3 is 19.5 Å². The van der Waals surface area contributed by atoms with E-state index in [2.05, 4.69) is 5.32 Å². The SMILES string of the molecule is COc1ccc2c(c1)OC(C)(C)C[C@@H]2NC(=O)[C@H](C)Oc1ccccc1C. The van der Waals surface area contributed by atoms with Gasteiger partial charge in [0.2, 0.25) is 0 Å². The number of ether oxygens (including phenoxy) is 3. The first kappa shape index (κ1) is 19.1. The Bertz CT molecular complexity index is 831. The first-order valence-corrected chi connectivity index (χ1v) is 9.19. The molecular formula is C22H27NO4. The number of para-hydroxylation sites is 1. The number of hydrogen-bond donors (Lipinski definition) is 1. The van der Waals surface area contributed by atoms with Crippen LogP contribution in [0.15, 0.2) is 42.5 Å². The van der Waals surface area contributed by atoms with Crippen molar-refractivity contribution < 1.29 is 19.0 Å². The molecular weight excluding hydrogens is 342 g/mol. The van der Waals surface area contributed by atoms with Gasteiger partial charge in [-0.2, -0.15) is 0 Å². The minimum absolute atomic E-state index is 0.148. The summed E-state index contributed by atoms with van der Waals surface area (Å²) >= 11 is 0. The maximum Gasteiger partial charge on any atom is 0.261 e. The fourth-order valence-electron chi connectivity index (χ4n) is 3.31. The zero-order chi connectivity index (χ0) is 19.6. The average Bonchev–Trinajstić information content (AvgIpc) is 2.62. The summed E-state index contributed by atoms with van der Waals surface area (Å²) in [5.74, 6) is 2.04. The second-order valence-corrected chi connectivity index (χ2v) is 7.56. The number of benzene rings is 2. The first-order valence-electron chi connectivity index (χ1n) is 9.19. The molecule has 5 heteroatoms. The molecule has 0 aliphatic carbocycles. The molecule has 0 fully saturated rings. The minimum Gasteiger partial charge on any atom is -0.497 e. The summed E-state index contributed by atoms with van der Waals surface area (Å²) in [5.41, 5.74) is 1.56. The third-order valence-corrected chi connectivity index (χ3v) is 4.76. The quantitative estimate of drug-likeness (QED) is 0.859. The molecule has 2 aromatic rings. The third kappa shape index (κ3) is 4.35. The van der Waals surface area contributed by atoms with E-state index in [0.717, 1.165) is 28.4 Å². The van der Waals surface area contributed by atoms with Gasteiger partial charge in [0.15, 0.2) is 6.10 Å². The van der Waals surface area contributed by atoms with Gasteiger partial charge in [0.1, 0.15) is 22.8 Å². The van der Waals surface area contributed by atoms with Crippen LogP contribution in [0, 0.1) is 6.92 Å². The predicted molar refractivity (Wildman–Crippen MR) is 104 cm³/mol. The Balaban J connectivity index is 1.76. The topological polar surface area (TPSA) is 56.8 Å². The van der Waals surface area contributed by atoms with Crippen molar-refractivity contribution >= 4 is 5.91 Å². The van der Waals surface area contributed by atoms with Crippen LogP contribution >= 0.6 is 0 Å². The average molecular weight is 369 g/mol. The van der Waals surface area contributed by atoms with E-state index in [0.29, 0.717) is 6.42 Å². The maximum atomic E-state index is 12.8. The van der Waals surface area contributed by atoms with Gasteiger partial charge in [-0.3, -0.25) is 4.79 Å². The fourth-order valence-corrected chi connectivity index (χ4v) is 3.31. The molecule has 1 N–H and O–H groups in total. The molecule has 1 aliphatic heterocycles. The Morgan fingerprint density at radius 3 is 2.70 bits per heavy atom. The first-order chi connectivity index (χ1) is 12.8. The zero-order valence-corrected chi connectivity index (χ0v) is 16.5. The number of nitrogens with one attached hydrogen (secondary N) is 1. The van der Waals surface area contributed by atoms with Crippen molar-refractivity contribution in [2.45, 2.75) is 51.9 Å². The molecule has 0 bridgehead atoms. The number of methoxy groups -OCH3 is 1. The van der Waals surface area contributed by atoms with E-state index in [9.17, 15) is 4.79 Å². The molecule has 1 heterocycles. The Morgan fingerprint density at radius 2 is 2.00 bits per heavy atom. The van der Waals surface area contributed by atoms with E-state index in [1.807, 2.05) is 63.2 Å². The molecule has 0 radical (unpaired) electrons. The number of hydrogen-bond acceptors (Lipinski definition) is 4. The predicted octanol–water partition coefficient (Wildman–Crippen LogP) is 4.19. The van der Waals surface area contributed by atoms with Crippen LogP contribution in [0.3, 0.4) is 0 Å². The van der Waals surface area contributed by atoms with Crippen LogP contribution in [0.5, 0.6) is 17.2 Å². The van der Waals surface area contributed by atoms with Crippen molar-refractivity contribution in [2.24, 2.45) is 0 Å². The van der Waals surface area contributed by atoms with Crippen LogP contribution in [0.4, 0.5) is 0 Å². The van der Waals surface area contributed by atoms with E-state index < -0.39 is 11.7 Å². The van der Waals surface area contributed by atoms with Gasteiger partial charge in [-0.15, -0.1) is 0 Å². The van der Waals surface area contributed by atoms with Crippen molar-refractivity contribution in [1.29, 1.82) is 0 Å². The molecule has 3 rings (SSSR count). The highest BCUT2D eigenvalue weighted by Crippen LogP contribution is 2.41. The zero-order valence-electron chi connectivity index (χ0n) is 16.5. The van der Waals surface area contributed by atoms with Crippen molar-refractivity contribution in [3.63, 3.8) is 0 Å². The summed E-state index contributed by atoms with van der Waals surface area (Å²) in [7, 11) is 1.62. The number of aryl methyl sites for hydroxylation is 1. The van der Waals surface area contributed by atoms with Crippen molar-refractivity contribution in [3.05, 3.63) is 53.6 Å². The lowest BCUT2D eigenvalue weighted by atomic mass is 9.89. The number of rotatable bonds is 5. The van der Waals surface area contributed by atoms with Gasteiger partial charge in [-0.25, -0.2) is 0 Å². The second kappa shape index (κ2) is 7.51. The van der Waals surface area contributed by atoms with Gasteiger partial charge >= 0.3 is 0 Å². The normalized spacial score (nSPS) is 18.6. The number of carbonyl (C=O) groups excluding carboxylic acids is 1. The molecule has 2 atom stereocenters. The second-order valence-electron chi connectivity index (χ2n) is 7.56. The summed E-state index contributed by atoms with van der Waals surface area (Å²) in [6.07, 6.45) is 0.0774. The summed E-state index contributed by atoms with van der Waals surface area (Å²) in [6, 6.07) is 13.2. The van der Waals surface area contributed by atoms with E-state index in [-0.39, 0.29) is 11.9 Å². The van der Waals surface area contributed by atoms with Crippen molar-refractivity contribution in [3.8, 4) is 17.2 Å². The van der Waals surface area contributed by atoms with Gasteiger partial charge in [0.05, 0.1) is 13.2 Å². The largest absolute Gasteiger partial charge is 0.497 e. The minimum atomic E-state index is -0.598. The Kier molecular flexibility index (Phi) is 5.31. The highest BCUT2D eigenvalue weighted by Gasteiger charge is 2.35. The van der Waals surface area contributed by atoms with Crippen molar-refractivity contribution in [2.75, 3.05) is 7.11 Å². The molecule has 1 aliphatic rings. The van der Waals surface area contributed by atoms with E-state index in [4.69, 9.17) is 14.2 Å². The molecule has 0 aromatic heterocycles. The molecule has 0 spiro atoms. The molecule has 0 saturated heterocycles. The molecule has 0 unspecified atom stereocenters. The highest BCUT2D eigenvalue weighted by molar-refractivity contribution is 5.81. The van der Waals surface area contributed by atoms with E-state index in [1.165, 1.54) is 0 Å². The third-order valence-electron chi connectivity index (χ3n) is 4.76. The van der Waals surface area contributed by atoms with E-state index >= 15 is 0 Å². The molecule has 2 aromatic carbocycles. The van der Waals surface area contributed by atoms with Crippen molar-refractivity contribution in [1.82, 2.24) is 5.32 Å². The Labute approximate surface area is 160 Å². The standard InChI is InChI=1S/C22H27NO4/c1-14-8-6-7-9-19(14)26-15(2)21(24)23-18-13-22(3,4)27-20-12-16(25-5)10-11-17(18)20/h6-12,15,18H,13H2,1-5H3,(H,23,24)/t15-,18-/m0/s1. The smallest absolute Gasteiger partial charge is 0.261 e. The van der Waals surface area contributed by atoms with Crippen LogP contribution in [-0.2, 0) is 4.79 Å². The molecule has 5 nitrogen and oxygen atoms in total. The van der Waals surface area contributed by atoms with Gasteiger partial charge in [0, 0.05) is 18.1 Å². The number of fused-ring (bicyclic) bond motifs is 1. The monoisotopic (exact) mass is 369 g/mol.